The molecule has 1 saturated carbocycles. The van der Waals surface area contributed by atoms with Crippen LogP contribution in [-0.4, -0.2) is 40.0 Å². The molecular weight excluding hydrogens is 362 g/mol. The first kappa shape index (κ1) is 20.3. The van der Waals surface area contributed by atoms with Gasteiger partial charge in [0.25, 0.3) is 5.91 Å². The molecule has 27 heavy (non-hydrogen) atoms. The van der Waals surface area contributed by atoms with Crippen LogP contribution in [0, 0.1) is 5.92 Å². The van der Waals surface area contributed by atoms with Gasteiger partial charge in [0.15, 0.2) is 6.54 Å². The highest BCUT2D eigenvalue weighted by Gasteiger charge is 2.23. The van der Waals surface area contributed by atoms with Crippen molar-refractivity contribution in [2.45, 2.75) is 62.8 Å². The lowest BCUT2D eigenvalue weighted by Crippen LogP contribution is -3.14. The zero-order chi connectivity index (χ0) is 19.3. The van der Waals surface area contributed by atoms with Crippen LogP contribution in [0.3, 0.4) is 0 Å². The number of likely N-dealkylation sites (tertiary alicyclic amines) is 1. The highest BCUT2D eigenvalue weighted by Crippen LogP contribution is 2.20. The van der Waals surface area contributed by atoms with Gasteiger partial charge in [-0.15, -0.1) is 0 Å². The summed E-state index contributed by atoms with van der Waals surface area (Å²) in [7, 11) is -3.50. The van der Waals surface area contributed by atoms with E-state index in [-0.39, 0.29) is 16.8 Å². The Kier molecular flexibility index (Phi) is 6.89. The van der Waals surface area contributed by atoms with Gasteiger partial charge in [-0.25, -0.2) is 13.1 Å². The average molecular weight is 395 g/mol. The second kappa shape index (κ2) is 9.17. The Balaban J connectivity index is 1.52. The van der Waals surface area contributed by atoms with Crippen molar-refractivity contribution in [1.29, 1.82) is 0 Å². The predicted molar refractivity (Wildman–Crippen MR) is 106 cm³/mol. The summed E-state index contributed by atoms with van der Waals surface area (Å²) in [5.41, 5.74) is 0.640. The number of nitrogens with one attached hydrogen (secondary N) is 3. The lowest BCUT2D eigenvalue weighted by molar-refractivity contribution is -0.897. The molecule has 150 valence electrons. The Bertz CT molecular complexity index is 719. The molecular formula is C20H32N3O3S+. The summed E-state index contributed by atoms with van der Waals surface area (Å²) in [6.45, 7) is 4.81. The van der Waals surface area contributed by atoms with E-state index < -0.39 is 10.0 Å². The van der Waals surface area contributed by atoms with Crippen molar-refractivity contribution in [3.8, 4) is 0 Å². The number of quaternary nitrogens is 1. The van der Waals surface area contributed by atoms with Gasteiger partial charge in [0.2, 0.25) is 10.0 Å². The number of sulfonamides is 1. The molecule has 0 atom stereocenters. The first-order valence-electron chi connectivity index (χ1n) is 10.2. The molecule has 1 aromatic carbocycles. The summed E-state index contributed by atoms with van der Waals surface area (Å²) in [5.74, 6) is 0.740. The number of amides is 1. The van der Waals surface area contributed by atoms with Crippen LogP contribution < -0.4 is 14.9 Å². The quantitative estimate of drug-likeness (QED) is 0.685. The highest BCUT2D eigenvalue weighted by atomic mass is 32.2. The summed E-state index contributed by atoms with van der Waals surface area (Å²) in [6.07, 6.45) is 7.50. The molecule has 0 radical (unpaired) electrons. The van der Waals surface area contributed by atoms with Crippen LogP contribution in [0.15, 0.2) is 29.2 Å². The minimum atomic E-state index is -3.50. The molecule has 1 aliphatic carbocycles. The van der Waals surface area contributed by atoms with Gasteiger partial charge in [-0.2, -0.15) is 0 Å². The van der Waals surface area contributed by atoms with Crippen molar-refractivity contribution in [2.24, 2.45) is 5.92 Å². The van der Waals surface area contributed by atoms with Crippen molar-refractivity contribution in [3.05, 3.63) is 24.3 Å². The van der Waals surface area contributed by atoms with Gasteiger partial charge in [0, 0.05) is 11.7 Å². The van der Waals surface area contributed by atoms with Gasteiger partial charge in [0.1, 0.15) is 0 Å². The van der Waals surface area contributed by atoms with Crippen LogP contribution in [-0.2, 0) is 14.8 Å². The number of hydrogen-bond acceptors (Lipinski definition) is 3. The third-order valence-electron chi connectivity index (χ3n) is 5.77. The summed E-state index contributed by atoms with van der Waals surface area (Å²) in [6, 6.07) is 6.51. The van der Waals surface area contributed by atoms with Crippen LogP contribution >= 0.6 is 0 Å². The summed E-state index contributed by atoms with van der Waals surface area (Å²) in [4.78, 5) is 13.8. The maximum Gasteiger partial charge on any atom is 0.279 e. The van der Waals surface area contributed by atoms with Crippen LogP contribution in [0.2, 0.25) is 0 Å². The topological polar surface area (TPSA) is 79.7 Å². The Morgan fingerprint density at radius 3 is 2.30 bits per heavy atom. The monoisotopic (exact) mass is 394 g/mol. The molecule has 7 heteroatoms. The largest absolute Gasteiger partial charge is 0.327 e. The first-order valence-corrected chi connectivity index (χ1v) is 11.7. The normalized spacial score (nSPS) is 24.5. The second-order valence-electron chi connectivity index (χ2n) is 8.14. The van der Waals surface area contributed by atoms with E-state index >= 15 is 0 Å². The number of rotatable bonds is 6. The van der Waals surface area contributed by atoms with Crippen molar-refractivity contribution in [2.75, 3.05) is 25.0 Å². The maximum absolute atomic E-state index is 12.5. The van der Waals surface area contributed by atoms with Gasteiger partial charge in [0.05, 0.1) is 18.0 Å². The van der Waals surface area contributed by atoms with Gasteiger partial charge in [-0.05, 0) is 55.9 Å². The number of benzene rings is 1. The number of anilines is 1. The van der Waals surface area contributed by atoms with E-state index in [0.29, 0.717) is 12.2 Å². The molecule has 1 aliphatic heterocycles. The smallest absolute Gasteiger partial charge is 0.279 e. The highest BCUT2D eigenvalue weighted by molar-refractivity contribution is 7.89. The molecule has 0 unspecified atom stereocenters. The number of hydrogen-bond donors (Lipinski definition) is 3. The molecule has 0 aromatic heterocycles. The van der Waals surface area contributed by atoms with E-state index in [9.17, 15) is 13.2 Å². The van der Waals surface area contributed by atoms with Crippen molar-refractivity contribution >= 4 is 21.6 Å². The van der Waals surface area contributed by atoms with Gasteiger partial charge < -0.3 is 10.2 Å². The maximum atomic E-state index is 12.5. The molecule has 0 spiro atoms. The van der Waals surface area contributed by atoms with E-state index in [1.807, 2.05) is 0 Å². The van der Waals surface area contributed by atoms with E-state index in [1.165, 1.54) is 24.2 Å². The zero-order valence-corrected chi connectivity index (χ0v) is 17.0. The molecule has 1 amide bonds. The molecule has 6 nitrogen and oxygen atoms in total. The number of piperidine rings is 1. The minimum Gasteiger partial charge on any atom is -0.327 e. The predicted octanol–water partition coefficient (Wildman–Crippen LogP) is 1.55. The molecule has 0 bridgehead atoms. The third kappa shape index (κ3) is 6.02. The van der Waals surface area contributed by atoms with Crippen LogP contribution in [0.1, 0.15) is 51.9 Å². The Hall–Kier alpha value is -1.44. The molecule has 2 fully saturated rings. The first-order chi connectivity index (χ1) is 12.9. The van der Waals surface area contributed by atoms with E-state index in [1.54, 1.807) is 24.3 Å². The van der Waals surface area contributed by atoms with Gasteiger partial charge in [-0.3, -0.25) is 4.79 Å². The standard InChI is InChI=1S/C20H31N3O3S/c1-16-11-13-23(14-12-16)15-20(24)21-17-7-9-19(10-8-17)27(25,26)22-18-5-3-2-4-6-18/h7-10,16,18,22H,2-6,11-15H2,1H3,(H,21,24)/p+1. The summed E-state index contributed by atoms with van der Waals surface area (Å²) >= 11 is 0. The van der Waals surface area contributed by atoms with Crippen molar-refractivity contribution < 1.29 is 18.1 Å². The molecule has 3 N–H and O–H groups in total. The van der Waals surface area contributed by atoms with Crippen molar-refractivity contribution in [3.63, 3.8) is 0 Å². The van der Waals surface area contributed by atoms with Crippen LogP contribution in [0.5, 0.6) is 0 Å². The second-order valence-corrected chi connectivity index (χ2v) is 9.85. The van der Waals surface area contributed by atoms with E-state index in [0.717, 1.165) is 44.7 Å². The van der Waals surface area contributed by atoms with Crippen LogP contribution in [0.4, 0.5) is 5.69 Å². The number of carbonyl (C=O) groups is 1. The fraction of sp³-hybridized carbons (Fsp3) is 0.650. The lowest BCUT2D eigenvalue weighted by Gasteiger charge is -2.26. The lowest BCUT2D eigenvalue weighted by atomic mass is 9.96. The van der Waals surface area contributed by atoms with E-state index in [2.05, 4.69) is 17.0 Å². The van der Waals surface area contributed by atoms with E-state index in [4.69, 9.17) is 0 Å². The summed E-state index contributed by atoms with van der Waals surface area (Å²) < 4.78 is 27.9. The fourth-order valence-electron chi connectivity index (χ4n) is 4.00. The van der Waals surface area contributed by atoms with Crippen LogP contribution in [0.25, 0.3) is 0 Å². The molecule has 1 heterocycles. The average Bonchev–Trinajstić information content (AvgIpc) is 2.64. The SMILES string of the molecule is CC1CC[NH+](CC(=O)Nc2ccc(S(=O)(=O)NC3CCCCC3)cc2)CC1. The Morgan fingerprint density at radius 1 is 1.04 bits per heavy atom. The van der Waals surface area contributed by atoms with Gasteiger partial charge >= 0.3 is 0 Å². The van der Waals surface area contributed by atoms with Gasteiger partial charge in [-0.1, -0.05) is 26.2 Å². The Morgan fingerprint density at radius 2 is 1.67 bits per heavy atom. The fourth-order valence-corrected chi connectivity index (χ4v) is 5.31. The molecule has 2 aliphatic rings. The molecule has 1 aromatic rings. The minimum absolute atomic E-state index is 0.0181. The summed E-state index contributed by atoms with van der Waals surface area (Å²) in [5, 5.41) is 2.89. The molecule has 1 saturated heterocycles. The van der Waals surface area contributed by atoms with Crippen molar-refractivity contribution in [1.82, 2.24) is 4.72 Å². The third-order valence-corrected chi connectivity index (χ3v) is 7.30. The Labute approximate surface area is 162 Å². The molecule has 3 rings (SSSR count). The number of carbonyl (C=O) groups excluding carboxylic acids is 1. The zero-order valence-electron chi connectivity index (χ0n) is 16.2.